The first-order chi connectivity index (χ1) is 11.1. The lowest BCUT2D eigenvalue weighted by atomic mass is 10.3. The summed E-state index contributed by atoms with van der Waals surface area (Å²) in [5, 5.41) is 13.8. The summed E-state index contributed by atoms with van der Waals surface area (Å²) >= 11 is 0. The first-order valence-corrected chi connectivity index (χ1v) is 9.41. The zero-order valence-corrected chi connectivity index (χ0v) is 14.1. The minimum atomic E-state index is -4.61. The van der Waals surface area contributed by atoms with Crippen molar-refractivity contribution in [2.45, 2.75) is 11.8 Å². The van der Waals surface area contributed by atoms with Crippen molar-refractivity contribution in [1.29, 1.82) is 0 Å². The van der Waals surface area contributed by atoms with E-state index in [4.69, 9.17) is 4.55 Å². The van der Waals surface area contributed by atoms with Gasteiger partial charge < -0.3 is 5.11 Å². The van der Waals surface area contributed by atoms with Crippen molar-refractivity contribution in [3.63, 3.8) is 0 Å². The molecule has 0 aliphatic rings. The predicted molar refractivity (Wildman–Crippen MR) is 82.7 cm³/mol. The molecule has 2 rings (SSSR count). The summed E-state index contributed by atoms with van der Waals surface area (Å²) in [6, 6.07) is 6.97. The maximum atomic E-state index is 12.0. The van der Waals surface area contributed by atoms with Gasteiger partial charge in [-0.1, -0.05) is 0 Å². The minimum absolute atomic E-state index is 0.0681. The standard InChI is InChI=1S/C12H15N3O7S2/c1-9-8-12(16)15(14-9)10-2-4-11(5-3-10)23(17,18)13-6-7-22-24(19,20)21/h2-5,8,13,16H,6-7H2,1H3,(H,19,20,21). The van der Waals surface area contributed by atoms with E-state index >= 15 is 0 Å². The molecule has 0 atom stereocenters. The lowest BCUT2D eigenvalue weighted by Gasteiger charge is -2.08. The summed E-state index contributed by atoms with van der Waals surface area (Å²) in [4.78, 5) is -0.0681. The molecule has 0 saturated heterocycles. The Morgan fingerprint density at radius 1 is 1.21 bits per heavy atom. The molecule has 3 N–H and O–H groups in total. The third-order valence-electron chi connectivity index (χ3n) is 2.83. The predicted octanol–water partition coefficient (Wildman–Crippen LogP) is -0.0160. The monoisotopic (exact) mass is 377 g/mol. The van der Waals surface area contributed by atoms with Crippen LogP contribution in [0.25, 0.3) is 5.69 Å². The van der Waals surface area contributed by atoms with E-state index in [-0.39, 0.29) is 17.3 Å². The number of benzene rings is 1. The number of nitrogens with zero attached hydrogens (tertiary/aromatic N) is 2. The second kappa shape index (κ2) is 6.86. The van der Waals surface area contributed by atoms with Crippen LogP contribution in [-0.4, -0.2) is 49.4 Å². The highest BCUT2D eigenvalue weighted by Gasteiger charge is 2.15. The number of hydrogen-bond donors (Lipinski definition) is 3. The summed E-state index contributed by atoms with van der Waals surface area (Å²) in [6.45, 7) is 0.813. The van der Waals surface area contributed by atoms with Gasteiger partial charge in [0.05, 0.1) is 22.9 Å². The molecule has 0 bridgehead atoms. The zero-order chi connectivity index (χ0) is 18.0. The quantitative estimate of drug-likeness (QED) is 0.450. The molecule has 0 fully saturated rings. The Balaban J connectivity index is 2.07. The van der Waals surface area contributed by atoms with Crippen molar-refractivity contribution < 1.29 is 30.7 Å². The van der Waals surface area contributed by atoms with Crippen molar-refractivity contribution >= 4 is 20.4 Å². The molecular formula is C12H15N3O7S2. The number of aromatic nitrogens is 2. The van der Waals surface area contributed by atoms with Gasteiger partial charge in [0.2, 0.25) is 15.9 Å². The maximum absolute atomic E-state index is 12.0. The smallest absolute Gasteiger partial charge is 0.397 e. The summed E-state index contributed by atoms with van der Waals surface area (Å²) in [6.07, 6.45) is 0. The van der Waals surface area contributed by atoms with Crippen LogP contribution in [0.15, 0.2) is 35.2 Å². The SMILES string of the molecule is Cc1cc(O)n(-c2ccc(S(=O)(=O)NCCOS(=O)(=O)O)cc2)n1. The summed E-state index contributed by atoms with van der Waals surface area (Å²) in [7, 11) is -8.49. The average Bonchev–Trinajstić information content (AvgIpc) is 2.82. The minimum Gasteiger partial charge on any atom is -0.493 e. The number of aryl methyl sites for hydroxylation is 1. The van der Waals surface area contributed by atoms with Crippen LogP contribution in [0, 0.1) is 6.92 Å². The molecule has 0 spiro atoms. The maximum Gasteiger partial charge on any atom is 0.397 e. The van der Waals surface area contributed by atoms with E-state index in [1.807, 2.05) is 0 Å². The Morgan fingerprint density at radius 3 is 2.33 bits per heavy atom. The Morgan fingerprint density at radius 2 is 1.83 bits per heavy atom. The fourth-order valence-corrected chi connectivity index (χ4v) is 3.16. The van der Waals surface area contributed by atoms with E-state index < -0.39 is 27.0 Å². The normalized spacial score (nSPS) is 12.4. The Bertz CT molecular complexity index is 918. The van der Waals surface area contributed by atoms with Gasteiger partial charge in [-0.25, -0.2) is 22.0 Å². The molecule has 0 unspecified atom stereocenters. The second-order valence-electron chi connectivity index (χ2n) is 4.70. The van der Waals surface area contributed by atoms with E-state index in [0.717, 1.165) is 0 Å². The third-order valence-corrected chi connectivity index (χ3v) is 4.77. The molecule has 12 heteroatoms. The van der Waals surface area contributed by atoms with E-state index in [1.54, 1.807) is 6.92 Å². The van der Waals surface area contributed by atoms with Gasteiger partial charge in [-0.05, 0) is 31.2 Å². The van der Waals surface area contributed by atoms with Gasteiger partial charge in [0.15, 0.2) is 0 Å². The molecule has 1 heterocycles. The molecule has 0 amide bonds. The third kappa shape index (κ3) is 4.75. The number of sulfonamides is 1. The number of nitrogens with one attached hydrogen (secondary N) is 1. The topological polar surface area (TPSA) is 148 Å². The van der Waals surface area contributed by atoms with Crippen LogP contribution in [-0.2, 0) is 24.6 Å². The van der Waals surface area contributed by atoms with Crippen molar-refractivity contribution in [2.24, 2.45) is 0 Å². The van der Waals surface area contributed by atoms with Crippen LogP contribution in [0.1, 0.15) is 5.69 Å². The summed E-state index contributed by atoms with van der Waals surface area (Å²) < 4.78 is 60.5. The van der Waals surface area contributed by atoms with Crippen LogP contribution in [0.4, 0.5) is 0 Å². The van der Waals surface area contributed by atoms with Crippen molar-refractivity contribution in [2.75, 3.05) is 13.2 Å². The van der Waals surface area contributed by atoms with Crippen LogP contribution in [0.2, 0.25) is 0 Å². The molecule has 10 nitrogen and oxygen atoms in total. The summed E-state index contributed by atoms with van der Waals surface area (Å²) in [5.74, 6) is -0.0800. The second-order valence-corrected chi connectivity index (χ2v) is 7.56. The molecule has 2 aromatic rings. The van der Waals surface area contributed by atoms with Gasteiger partial charge in [0.25, 0.3) is 0 Å². The highest BCUT2D eigenvalue weighted by molar-refractivity contribution is 7.89. The van der Waals surface area contributed by atoms with E-state index in [0.29, 0.717) is 11.4 Å². The number of aromatic hydroxyl groups is 1. The molecule has 0 saturated carbocycles. The molecule has 24 heavy (non-hydrogen) atoms. The van der Waals surface area contributed by atoms with E-state index in [2.05, 4.69) is 14.0 Å². The largest absolute Gasteiger partial charge is 0.493 e. The average molecular weight is 377 g/mol. The molecule has 1 aromatic heterocycles. The van der Waals surface area contributed by atoms with Gasteiger partial charge in [0.1, 0.15) is 0 Å². The molecule has 1 aromatic carbocycles. The van der Waals surface area contributed by atoms with Crippen LogP contribution in [0.3, 0.4) is 0 Å². The van der Waals surface area contributed by atoms with Crippen molar-refractivity contribution in [1.82, 2.24) is 14.5 Å². The number of hydrogen-bond acceptors (Lipinski definition) is 7. The van der Waals surface area contributed by atoms with Gasteiger partial charge in [-0.2, -0.15) is 13.5 Å². The van der Waals surface area contributed by atoms with Crippen LogP contribution in [0.5, 0.6) is 5.88 Å². The first-order valence-electron chi connectivity index (χ1n) is 6.56. The van der Waals surface area contributed by atoms with E-state index in [1.165, 1.54) is 35.0 Å². The Labute approximate surface area is 138 Å². The fraction of sp³-hybridized carbons (Fsp3) is 0.250. The molecule has 132 valence electrons. The lowest BCUT2D eigenvalue weighted by molar-refractivity contribution is 0.272. The lowest BCUT2D eigenvalue weighted by Crippen LogP contribution is -2.28. The Kier molecular flexibility index (Phi) is 5.25. The van der Waals surface area contributed by atoms with Crippen LogP contribution < -0.4 is 4.72 Å². The van der Waals surface area contributed by atoms with Crippen molar-refractivity contribution in [3.05, 3.63) is 36.0 Å². The highest BCUT2D eigenvalue weighted by Crippen LogP contribution is 2.19. The molecule has 0 aliphatic carbocycles. The van der Waals surface area contributed by atoms with Gasteiger partial charge in [-0.15, -0.1) is 0 Å². The highest BCUT2D eigenvalue weighted by atomic mass is 32.3. The summed E-state index contributed by atoms with van der Waals surface area (Å²) in [5.41, 5.74) is 1.07. The number of rotatable bonds is 7. The Hall–Kier alpha value is -1.99. The van der Waals surface area contributed by atoms with Crippen LogP contribution >= 0.6 is 0 Å². The first kappa shape index (κ1) is 18.4. The van der Waals surface area contributed by atoms with Gasteiger partial charge in [0, 0.05) is 12.6 Å². The molecular weight excluding hydrogens is 362 g/mol. The fourth-order valence-electron chi connectivity index (χ4n) is 1.85. The van der Waals surface area contributed by atoms with Crippen molar-refractivity contribution in [3.8, 4) is 11.6 Å². The van der Waals surface area contributed by atoms with Gasteiger partial charge >= 0.3 is 10.4 Å². The zero-order valence-electron chi connectivity index (χ0n) is 12.4. The molecule has 0 aliphatic heterocycles. The van der Waals surface area contributed by atoms with Gasteiger partial charge in [-0.3, -0.25) is 4.55 Å². The van der Waals surface area contributed by atoms with E-state index in [9.17, 15) is 21.9 Å². The molecule has 0 radical (unpaired) electrons.